The van der Waals surface area contributed by atoms with Crippen molar-refractivity contribution in [2.24, 2.45) is 0 Å². The van der Waals surface area contributed by atoms with Crippen LogP contribution in [0.2, 0.25) is 0 Å². The van der Waals surface area contributed by atoms with Crippen LogP contribution in [0.4, 0.5) is 0 Å². The van der Waals surface area contributed by atoms with E-state index in [1.54, 1.807) is 35.6 Å². The van der Waals surface area contributed by atoms with Crippen LogP contribution in [0.5, 0.6) is 0 Å². The summed E-state index contributed by atoms with van der Waals surface area (Å²) in [5.74, 6) is 0.326. The topological polar surface area (TPSA) is 82.8 Å². The Bertz CT molecular complexity index is 887. The molecule has 0 radical (unpaired) electrons. The summed E-state index contributed by atoms with van der Waals surface area (Å²) in [5, 5.41) is 0. The molecule has 0 amide bonds. The normalized spacial score (nSPS) is 10.9. The van der Waals surface area contributed by atoms with Crippen molar-refractivity contribution in [2.45, 2.75) is 26.7 Å². The lowest BCUT2D eigenvalue weighted by molar-refractivity contribution is 0.0594. The summed E-state index contributed by atoms with van der Waals surface area (Å²) in [6, 6.07) is 3.46. The molecule has 25 heavy (non-hydrogen) atoms. The minimum Gasteiger partial charge on any atom is -0.464 e. The second kappa shape index (κ2) is 6.80. The molecule has 0 aliphatic carbocycles. The SMILES string of the molecule is COC(=O)c1ccc(-c2nc(-n3ccnc3)nc(C)c2C(C)C)cn1. The molecule has 3 heterocycles. The zero-order valence-electron chi connectivity index (χ0n) is 14.6. The molecule has 3 rings (SSSR count). The van der Waals surface area contributed by atoms with Gasteiger partial charge in [-0.1, -0.05) is 13.8 Å². The molecule has 0 fully saturated rings. The average molecular weight is 337 g/mol. The van der Waals surface area contributed by atoms with Gasteiger partial charge in [-0.15, -0.1) is 0 Å². The lowest BCUT2D eigenvalue weighted by Gasteiger charge is -2.16. The van der Waals surface area contributed by atoms with Gasteiger partial charge >= 0.3 is 5.97 Å². The molecule has 3 aromatic heterocycles. The number of pyridine rings is 1. The maximum Gasteiger partial charge on any atom is 0.356 e. The molecule has 0 N–H and O–H groups in total. The largest absolute Gasteiger partial charge is 0.464 e. The van der Waals surface area contributed by atoms with Crippen LogP contribution >= 0.6 is 0 Å². The Labute approximate surface area is 145 Å². The zero-order chi connectivity index (χ0) is 18.0. The number of ether oxygens (including phenoxy) is 1. The van der Waals surface area contributed by atoms with Gasteiger partial charge in [-0.05, 0) is 25.0 Å². The van der Waals surface area contributed by atoms with Gasteiger partial charge in [-0.2, -0.15) is 0 Å². The molecule has 7 heteroatoms. The third kappa shape index (κ3) is 3.26. The van der Waals surface area contributed by atoms with Gasteiger partial charge in [0.15, 0.2) is 0 Å². The van der Waals surface area contributed by atoms with Crippen LogP contribution in [0.3, 0.4) is 0 Å². The number of methoxy groups -OCH3 is 1. The Balaban J connectivity index is 2.14. The van der Waals surface area contributed by atoms with E-state index in [-0.39, 0.29) is 11.6 Å². The minimum absolute atomic E-state index is 0.243. The van der Waals surface area contributed by atoms with Crippen LogP contribution in [0.25, 0.3) is 17.2 Å². The number of carbonyl (C=O) groups excluding carboxylic acids is 1. The quantitative estimate of drug-likeness (QED) is 0.681. The van der Waals surface area contributed by atoms with Gasteiger partial charge in [0.25, 0.3) is 0 Å². The van der Waals surface area contributed by atoms with Crippen LogP contribution in [0.1, 0.15) is 41.5 Å². The summed E-state index contributed by atoms with van der Waals surface area (Å²) in [6.45, 7) is 6.17. The van der Waals surface area contributed by atoms with E-state index in [1.807, 2.05) is 13.0 Å². The number of aryl methyl sites for hydroxylation is 1. The molecule has 0 saturated carbocycles. The van der Waals surface area contributed by atoms with Crippen molar-refractivity contribution in [3.05, 3.63) is 54.0 Å². The van der Waals surface area contributed by atoms with Crippen molar-refractivity contribution >= 4 is 5.97 Å². The van der Waals surface area contributed by atoms with Gasteiger partial charge in [0.05, 0.1) is 12.8 Å². The van der Waals surface area contributed by atoms with Gasteiger partial charge in [-0.25, -0.2) is 24.7 Å². The van der Waals surface area contributed by atoms with Crippen molar-refractivity contribution in [3.63, 3.8) is 0 Å². The predicted molar refractivity (Wildman–Crippen MR) is 92.6 cm³/mol. The standard InChI is InChI=1S/C18H19N5O2/c1-11(2)15-12(3)21-18(23-8-7-19-10-23)22-16(15)13-5-6-14(20-9-13)17(24)25-4/h5-11H,1-4H3. The van der Waals surface area contributed by atoms with Crippen molar-refractivity contribution in [1.29, 1.82) is 0 Å². The number of nitrogens with zero attached hydrogens (tertiary/aromatic N) is 5. The highest BCUT2D eigenvalue weighted by molar-refractivity contribution is 5.87. The number of esters is 1. The fourth-order valence-corrected chi connectivity index (χ4v) is 2.73. The number of hydrogen-bond donors (Lipinski definition) is 0. The van der Waals surface area contributed by atoms with Crippen LogP contribution in [-0.2, 0) is 4.74 Å². The summed E-state index contributed by atoms with van der Waals surface area (Å²) < 4.78 is 6.45. The molecule has 0 aliphatic heterocycles. The lowest BCUT2D eigenvalue weighted by atomic mass is 9.96. The third-order valence-corrected chi connectivity index (χ3v) is 3.87. The first-order chi connectivity index (χ1) is 12.0. The van der Waals surface area contributed by atoms with Crippen LogP contribution in [-0.4, -0.2) is 37.6 Å². The molecule has 0 aliphatic rings. The maximum absolute atomic E-state index is 11.6. The molecule has 0 unspecified atom stereocenters. The maximum atomic E-state index is 11.6. The number of aromatic nitrogens is 5. The monoisotopic (exact) mass is 337 g/mol. The van der Waals surface area contributed by atoms with E-state index >= 15 is 0 Å². The number of carbonyl (C=O) groups is 1. The van der Waals surface area contributed by atoms with Gasteiger partial charge in [-0.3, -0.25) is 4.57 Å². The number of imidazole rings is 1. The molecule has 128 valence electrons. The van der Waals surface area contributed by atoms with Crippen molar-refractivity contribution in [2.75, 3.05) is 7.11 Å². The first-order valence-corrected chi connectivity index (χ1v) is 7.93. The molecule has 0 atom stereocenters. The zero-order valence-corrected chi connectivity index (χ0v) is 14.6. The molecular weight excluding hydrogens is 318 g/mol. The van der Waals surface area contributed by atoms with E-state index in [0.29, 0.717) is 5.95 Å². The van der Waals surface area contributed by atoms with Crippen molar-refractivity contribution in [1.82, 2.24) is 24.5 Å². The Morgan fingerprint density at radius 3 is 2.60 bits per heavy atom. The molecule has 0 spiro atoms. The number of rotatable bonds is 4. The van der Waals surface area contributed by atoms with Crippen LogP contribution < -0.4 is 0 Å². The summed E-state index contributed by atoms with van der Waals surface area (Å²) >= 11 is 0. The van der Waals surface area contributed by atoms with Crippen LogP contribution in [0, 0.1) is 6.92 Å². The van der Waals surface area contributed by atoms with E-state index in [4.69, 9.17) is 9.72 Å². The van der Waals surface area contributed by atoms with Crippen molar-refractivity contribution < 1.29 is 9.53 Å². The number of hydrogen-bond acceptors (Lipinski definition) is 6. The highest BCUT2D eigenvalue weighted by atomic mass is 16.5. The first-order valence-electron chi connectivity index (χ1n) is 7.93. The molecule has 7 nitrogen and oxygen atoms in total. The van der Waals surface area contributed by atoms with E-state index in [0.717, 1.165) is 22.5 Å². The van der Waals surface area contributed by atoms with Gasteiger partial charge < -0.3 is 4.74 Å². The summed E-state index contributed by atoms with van der Waals surface area (Å²) in [4.78, 5) is 29.1. The smallest absolute Gasteiger partial charge is 0.356 e. The van der Waals surface area contributed by atoms with E-state index in [9.17, 15) is 4.79 Å². The Hall–Kier alpha value is -3.09. The Kier molecular flexibility index (Phi) is 4.56. The summed E-state index contributed by atoms with van der Waals surface area (Å²) in [6.07, 6.45) is 6.78. The second-order valence-corrected chi connectivity index (χ2v) is 5.92. The van der Waals surface area contributed by atoms with E-state index < -0.39 is 5.97 Å². The summed E-state index contributed by atoms with van der Waals surface area (Å²) in [7, 11) is 1.33. The first kappa shape index (κ1) is 16.8. The fraction of sp³-hybridized carbons (Fsp3) is 0.278. The van der Waals surface area contributed by atoms with E-state index in [2.05, 4.69) is 28.8 Å². The third-order valence-electron chi connectivity index (χ3n) is 3.87. The van der Waals surface area contributed by atoms with Crippen molar-refractivity contribution in [3.8, 4) is 17.2 Å². The molecular formula is C18H19N5O2. The average Bonchev–Trinajstić information content (AvgIpc) is 3.14. The molecule has 0 bridgehead atoms. The highest BCUT2D eigenvalue weighted by Gasteiger charge is 2.18. The highest BCUT2D eigenvalue weighted by Crippen LogP contribution is 2.30. The summed E-state index contributed by atoms with van der Waals surface area (Å²) in [5.41, 5.74) is 3.84. The Morgan fingerprint density at radius 1 is 1.24 bits per heavy atom. The van der Waals surface area contributed by atoms with E-state index in [1.165, 1.54) is 7.11 Å². The fourth-order valence-electron chi connectivity index (χ4n) is 2.73. The van der Waals surface area contributed by atoms with Gasteiger partial charge in [0, 0.05) is 35.4 Å². The van der Waals surface area contributed by atoms with Gasteiger partial charge in [0.1, 0.15) is 12.0 Å². The van der Waals surface area contributed by atoms with Gasteiger partial charge in [0.2, 0.25) is 5.95 Å². The predicted octanol–water partition coefficient (Wildman–Crippen LogP) is 2.94. The molecule has 0 saturated heterocycles. The second-order valence-electron chi connectivity index (χ2n) is 5.92. The Morgan fingerprint density at radius 2 is 2.04 bits per heavy atom. The van der Waals surface area contributed by atoms with Crippen LogP contribution in [0.15, 0.2) is 37.1 Å². The molecule has 0 aromatic carbocycles. The lowest BCUT2D eigenvalue weighted by Crippen LogP contribution is -2.09. The minimum atomic E-state index is -0.464. The molecule has 3 aromatic rings.